The number of hydrogen-bond donors (Lipinski definition) is 3. The number of aryl methyl sites for hydroxylation is 2. The minimum absolute atomic E-state index is 0.0820. The number of aromatic nitrogens is 1. The maximum Gasteiger partial charge on any atom is 0.319 e. The largest absolute Gasteiger partial charge is 0.466 e. The summed E-state index contributed by atoms with van der Waals surface area (Å²) in [7, 11) is -3.76. The van der Waals surface area contributed by atoms with Gasteiger partial charge in [-0.1, -0.05) is 29.0 Å². The molecule has 2 amide bonds. The molecule has 0 saturated heterocycles. The SMILES string of the molecule is CCOC(=O)CCNC(=O)Nc1cc(C)c2nc(NS(=O)(=O)c3ccc(C)cc3)sc2c1. The van der Waals surface area contributed by atoms with Gasteiger partial charge in [-0.25, -0.2) is 18.2 Å². The molecular formula is C21H24N4O5S2. The molecule has 3 N–H and O–H groups in total. The molecule has 0 aliphatic rings. The number of hydrogen-bond acceptors (Lipinski definition) is 7. The van der Waals surface area contributed by atoms with Crippen LogP contribution in [-0.2, 0) is 19.6 Å². The van der Waals surface area contributed by atoms with Crippen LogP contribution in [0.15, 0.2) is 41.3 Å². The lowest BCUT2D eigenvalue weighted by molar-refractivity contribution is -0.142. The van der Waals surface area contributed by atoms with E-state index in [0.29, 0.717) is 22.5 Å². The summed E-state index contributed by atoms with van der Waals surface area (Å²) in [5, 5.41) is 5.53. The monoisotopic (exact) mass is 476 g/mol. The van der Waals surface area contributed by atoms with Crippen molar-refractivity contribution < 1.29 is 22.7 Å². The smallest absolute Gasteiger partial charge is 0.319 e. The first-order chi connectivity index (χ1) is 15.2. The van der Waals surface area contributed by atoms with Gasteiger partial charge in [0.1, 0.15) is 0 Å². The first-order valence-electron chi connectivity index (χ1n) is 9.89. The second-order valence-corrected chi connectivity index (χ2v) is 9.73. The summed E-state index contributed by atoms with van der Waals surface area (Å²) in [6, 6.07) is 9.54. The lowest BCUT2D eigenvalue weighted by atomic mass is 10.2. The number of rotatable bonds is 8. The Hall–Kier alpha value is -3.18. The van der Waals surface area contributed by atoms with Crippen LogP contribution in [0.4, 0.5) is 15.6 Å². The van der Waals surface area contributed by atoms with Gasteiger partial charge in [-0.3, -0.25) is 9.52 Å². The lowest BCUT2D eigenvalue weighted by Gasteiger charge is -2.08. The van der Waals surface area contributed by atoms with E-state index >= 15 is 0 Å². The average molecular weight is 477 g/mol. The van der Waals surface area contributed by atoms with E-state index < -0.39 is 16.1 Å². The molecule has 11 heteroatoms. The van der Waals surface area contributed by atoms with Crippen molar-refractivity contribution in [1.82, 2.24) is 10.3 Å². The van der Waals surface area contributed by atoms with Crippen molar-refractivity contribution in [2.45, 2.75) is 32.1 Å². The number of nitrogens with zero attached hydrogens (tertiary/aromatic N) is 1. The summed E-state index contributed by atoms with van der Waals surface area (Å²) in [6.07, 6.45) is 0.0820. The molecule has 1 aromatic heterocycles. The highest BCUT2D eigenvalue weighted by molar-refractivity contribution is 7.93. The van der Waals surface area contributed by atoms with Gasteiger partial charge in [-0.05, 0) is 50.6 Å². The molecule has 170 valence electrons. The molecule has 3 rings (SSSR count). The molecule has 1 heterocycles. The highest BCUT2D eigenvalue weighted by atomic mass is 32.2. The number of nitrogens with one attached hydrogen (secondary N) is 3. The number of ether oxygens (including phenoxy) is 1. The maximum absolute atomic E-state index is 12.6. The topological polar surface area (TPSA) is 126 Å². The quantitative estimate of drug-likeness (QED) is 0.425. The zero-order valence-corrected chi connectivity index (χ0v) is 19.5. The Morgan fingerprint density at radius 2 is 1.84 bits per heavy atom. The summed E-state index contributed by atoms with van der Waals surface area (Å²) in [6.45, 7) is 5.87. The van der Waals surface area contributed by atoms with E-state index in [1.54, 1.807) is 43.3 Å². The Bertz CT molecular complexity index is 1240. The van der Waals surface area contributed by atoms with Crippen molar-refractivity contribution in [2.75, 3.05) is 23.2 Å². The van der Waals surface area contributed by atoms with Gasteiger partial charge in [0.15, 0.2) is 5.13 Å². The van der Waals surface area contributed by atoms with E-state index in [0.717, 1.165) is 11.1 Å². The zero-order valence-electron chi connectivity index (χ0n) is 17.9. The Morgan fingerprint density at radius 3 is 2.53 bits per heavy atom. The normalized spacial score (nSPS) is 11.2. The second-order valence-electron chi connectivity index (χ2n) is 7.01. The average Bonchev–Trinajstić information content (AvgIpc) is 3.10. The number of thiazole rings is 1. The number of amides is 2. The molecule has 3 aromatic rings. The molecule has 0 aliphatic heterocycles. The van der Waals surface area contributed by atoms with Crippen LogP contribution in [0.5, 0.6) is 0 Å². The molecule has 0 unspecified atom stereocenters. The Kier molecular flexibility index (Phi) is 7.31. The number of sulfonamides is 1. The third-order valence-corrected chi connectivity index (χ3v) is 6.82. The van der Waals surface area contributed by atoms with Crippen molar-refractivity contribution in [3.8, 4) is 0 Å². The number of fused-ring (bicyclic) bond motifs is 1. The van der Waals surface area contributed by atoms with Crippen molar-refractivity contribution in [1.29, 1.82) is 0 Å². The van der Waals surface area contributed by atoms with Gasteiger partial charge in [-0.15, -0.1) is 0 Å². The summed E-state index contributed by atoms with van der Waals surface area (Å²) in [5.41, 5.74) is 2.91. The summed E-state index contributed by atoms with van der Waals surface area (Å²) >= 11 is 1.17. The molecule has 0 bridgehead atoms. The van der Waals surface area contributed by atoms with Gasteiger partial charge < -0.3 is 15.4 Å². The van der Waals surface area contributed by atoms with E-state index in [1.165, 1.54) is 11.3 Å². The predicted molar refractivity (Wildman–Crippen MR) is 125 cm³/mol. The first kappa shape index (κ1) is 23.5. The zero-order chi connectivity index (χ0) is 23.3. The molecule has 0 saturated carbocycles. The Balaban J connectivity index is 1.70. The van der Waals surface area contributed by atoms with Gasteiger partial charge in [0, 0.05) is 12.2 Å². The molecule has 32 heavy (non-hydrogen) atoms. The fourth-order valence-corrected chi connectivity index (χ4v) is 5.11. The minimum atomic E-state index is -3.76. The van der Waals surface area contributed by atoms with Crippen LogP contribution in [0, 0.1) is 13.8 Å². The highest BCUT2D eigenvalue weighted by Crippen LogP contribution is 2.32. The fourth-order valence-electron chi connectivity index (χ4n) is 2.89. The van der Waals surface area contributed by atoms with Gasteiger partial charge in [0.05, 0.1) is 28.1 Å². The minimum Gasteiger partial charge on any atom is -0.466 e. The van der Waals surface area contributed by atoms with Crippen molar-refractivity contribution >= 4 is 54.4 Å². The lowest BCUT2D eigenvalue weighted by Crippen LogP contribution is -2.30. The van der Waals surface area contributed by atoms with E-state index in [2.05, 4.69) is 20.3 Å². The summed E-state index contributed by atoms with van der Waals surface area (Å²) in [5.74, 6) is -0.379. The summed E-state index contributed by atoms with van der Waals surface area (Å²) in [4.78, 5) is 28.0. The molecule has 0 radical (unpaired) electrons. The number of benzene rings is 2. The number of carbonyl (C=O) groups is 2. The van der Waals surface area contributed by atoms with Gasteiger partial charge in [-0.2, -0.15) is 0 Å². The summed E-state index contributed by atoms with van der Waals surface area (Å²) < 4.78 is 33.3. The number of anilines is 2. The second kappa shape index (κ2) is 9.96. The third kappa shape index (κ3) is 5.95. The van der Waals surface area contributed by atoms with Gasteiger partial charge in [0.2, 0.25) is 0 Å². The fraction of sp³-hybridized carbons (Fsp3) is 0.286. The van der Waals surface area contributed by atoms with Gasteiger partial charge >= 0.3 is 12.0 Å². The predicted octanol–water partition coefficient (Wildman–Crippen LogP) is 3.79. The number of urea groups is 1. The van der Waals surface area contributed by atoms with Crippen LogP contribution < -0.4 is 15.4 Å². The molecule has 0 fully saturated rings. The van der Waals surface area contributed by atoms with Crippen molar-refractivity contribution in [2.24, 2.45) is 0 Å². The molecule has 0 spiro atoms. The molecular weight excluding hydrogens is 452 g/mol. The van der Waals surface area contributed by atoms with Crippen molar-refractivity contribution in [3.05, 3.63) is 47.5 Å². The Labute approximate surface area is 190 Å². The van der Waals surface area contributed by atoms with E-state index in [4.69, 9.17) is 4.74 Å². The van der Waals surface area contributed by atoms with Crippen LogP contribution in [-0.4, -0.2) is 38.6 Å². The standard InChI is InChI=1S/C21H24N4O5S2/c1-4-30-18(26)9-10-22-20(27)23-15-11-14(3)19-17(12-15)31-21(24-19)25-32(28,29)16-7-5-13(2)6-8-16/h5-8,11-12H,4,9-10H2,1-3H3,(H,24,25)(H2,22,23,27). The first-order valence-corrected chi connectivity index (χ1v) is 12.2. The van der Waals surface area contributed by atoms with Crippen LogP contribution >= 0.6 is 11.3 Å². The maximum atomic E-state index is 12.6. The van der Waals surface area contributed by atoms with Crippen LogP contribution in [0.3, 0.4) is 0 Å². The molecule has 2 aromatic carbocycles. The molecule has 9 nitrogen and oxygen atoms in total. The third-order valence-electron chi connectivity index (χ3n) is 4.42. The van der Waals surface area contributed by atoms with E-state index in [1.807, 2.05) is 13.8 Å². The molecule has 0 atom stereocenters. The van der Waals surface area contributed by atoms with Gasteiger partial charge in [0.25, 0.3) is 10.0 Å². The van der Waals surface area contributed by atoms with E-state index in [9.17, 15) is 18.0 Å². The molecule has 0 aliphatic carbocycles. The number of esters is 1. The van der Waals surface area contributed by atoms with E-state index in [-0.39, 0.29) is 29.0 Å². The number of carbonyl (C=O) groups excluding carboxylic acids is 2. The Morgan fingerprint density at radius 1 is 1.12 bits per heavy atom. The highest BCUT2D eigenvalue weighted by Gasteiger charge is 2.17. The van der Waals surface area contributed by atoms with Crippen LogP contribution in [0.2, 0.25) is 0 Å². The van der Waals surface area contributed by atoms with Crippen molar-refractivity contribution in [3.63, 3.8) is 0 Å². The van der Waals surface area contributed by atoms with Crippen LogP contribution in [0.25, 0.3) is 10.2 Å². The van der Waals surface area contributed by atoms with Crippen LogP contribution in [0.1, 0.15) is 24.5 Å².